The maximum absolute atomic E-state index is 12.4. The van der Waals surface area contributed by atoms with Crippen LogP contribution in [-0.4, -0.2) is 11.1 Å². The van der Waals surface area contributed by atoms with Crippen molar-refractivity contribution in [2.75, 3.05) is 5.32 Å². The first-order valence-electron chi connectivity index (χ1n) is 7.01. The van der Waals surface area contributed by atoms with Crippen LogP contribution >= 0.6 is 0 Å². The van der Waals surface area contributed by atoms with Crippen molar-refractivity contribution in [1.82, 2.24) is 5.16 Å². The smallest absolute Gasteiger partial charge is 0.278 e. The van der Waals surface area contributed by atoms with Crippen LogP contribution in [0.5, 0.6) is 0 Å². The van der Waals surface area contributed by atoms with Crippen LogP contribution in [0.2, 0.25) is 0 Å². The number of anilines is 1. The fourth-order valence-corrected chi connectivity index (χ4v) is 2.70. The number of nitrogens with one attached hydrogen (secondary N) is 1. The highest BCUT2D eigenvalue weighted by Crippen LogP contribution is 2.25. The lowest BCUT2D eigenvalue weighted by Crippen LogP contribution is -2.16. The molecule has 0 spiro atoms. The molecule has 3 rings (SSSR count). The first-order valence-corrected chi connectivity index (χ1v) is 7.01. The minimum absolute atomic E-state index is 0.177. The SMILES string of the molecule is Cc1ccc(NC(=O)c2noc3c2CCCC3)c(C)c1. The number of nitrogens with zero attached hydrogens (tertiary/aromatic N) is 1. The minimum atomic E-state index is -0.177. The Balaban J connectivity index is 1.84. The summed E-state index contributed by atoms with van der Waals surface area (Å²) in [6, 6.07) is 5.96. The summed E-state index contributed by atoms with van der Waals surface area (Å²) in [5.41, 5.74) is 4.49. The molecule has 0 saturated carbocycles. The Morgan fingerprint density at radius 2 is 2.05 bits per heavy atom. The lowest BCUT2D eigenvalue weighted by atomic mass is 9.96. The Bertz CT molecular complexity index is 658. The molecule has 0 aliphatic heterocycles. The lowest BCUT2D eigenvalue weighted by molar-refractivity contribution is 0.101. The number of amides is 1. The number of aryl methyl sites for hydroxylation is 3. The quantitative estimate of drug-likeness (QED) is 0.909. The molecule has 1 N–H and O–H groups in total. The number of carbonyl (C=O) groups excluding carboxylic acids is 1. The predicted molar refractivity (Wildman–Crippen MR) is 77.0 cm³/mol. The molecule has 0 unspecified atom stereocenters. The fraction of sp³-hybridized carbons (Fsp3) is 0.375. The standard InChI is InChI=1S/C16H18N2O2/c1-10-7-8-13(11(2)9-10)17-16(19)15-12-5-3-4-6-14(12)20-18-15/h7-9H,3-6H2,1-2H3,(H,17,19). The zero-order valence-corrected chi connectivity index (χ0v) is 11.8. The van der Waals surface area contributed by atoms with Crippen LogP contribution in [0.3, 0.4) is 0 Å². The molecule has 1 amide bonds. The van der Waals surface area contributed by atoms with Crippen LogP contribution in [0.4, 0.5) is 5.69 Å². The number of hydrogen-bond donors (Lipinski definition) is 1. The van der Waals surface area contributed by atoms with Gasteiger partial charge in [-0.2, -0.15) is 0 Å². The van der Waals surface area contributed by atoms with E-state index in [-0.39, 0.29) is 5.91 Å². The number of rotatable bonds is 2. The Labute approximate surface area is 118 Å². The second kappa shape index (κ2) is 5.12. The van der Waals surface area contributed by atoms with Gasteiger partial charge in [0, 0.05) is 17.7 Å². The van der Waals surface area contributed by atoms with Gasteiger partial charge in [-0.1, -0.05) is 22.9 Å². The Morgan fingerprint density at radius 1 is 1.25 bits per heavy atom. The van der Waals surface area contributed by atoms with Crippen LogP contribution in [0.15, 0.2) is 22.7 Å². The van der Waals surface area contributed by atoms with Crippen molar-refractivity contribution < 1.29 is 9.32 Å². The topological polar surface area (TPSA) is 55.1 Å². The summed E-state index contributed by atoms with van der Waals surface area (Å²) in [5.74, 6) is 0.700. The summed E-state index contributed by atoms with van der Waals surface area (Å²) in [4.78, 5) is 12.4. The van der Waals surface area contributed by atoms with E-state index < -0.39 is 0 Å². The molecular formula is C16H18N2O2. The molecule has 1 aromatic heterocycles. The highest BCUT2D eigenvalue weighted by molar-refractivity contribution is 6.04. The minimum Gasteiger partial charge on any atom is -0.360 e. The van der Waals surface area contributed by atoms with Crippen molar-refractivity contribution in [2.45, 2.75) is 39.5 Å². The van der Waals surface area contributed by atoms with Gasteiger partial charge >= 0.3 is 0 Å². The Hall–Kier alpha value is -2.10. The normalized spacial score (nSPS) is 13.9. The van der Waals surface area contributed by atoms with Crippen molar-refractivity contribution >= 4 is 11.6 Å². The molecule has 0 radical (unpaired) electrons. The molecule has 0 fully saturated rings. The van der Waals surface area contributed by atoms with Crippen LogP contribution in [0.1, 0.15) is 45.8 Å². The average Bonchev–Trinajstić information content (AvgIpc) is 2.86. The van der Waals surface area contributed by atoms with E-state index in [1.54, 1.807) is 0 Å². The monoisotopic (exact) mass is 270 g/mol. The van der Waals surface area contributed by atoms with Crippen molar-refractivity contribution in [1.29, 1.82) is 0 Å². The van der Waals surface area contributed by atoms with Gasteiger partial charge in [0.15, 0.2) is 5.69 Å². The van der Waals surface area contributed by atoms with Crippen molar-refractivity contribution in [3.63, 3.8) is 0 Å². The first-order chi connectivity index (χ1) is 9.65. The molecule has 1 heterocycles. The van der Waals surface area contributed by atoms with E-state index in [0.717, 1.165) is 48.3 Å². The van der Waals surface area contributed by atoms with Crippen LogP contribution in [0.25, 0.3) is 0 Å². The molecule has 1 aliphatic carbocycles. The summed E-state index contributed by atoms with van der Waals surface area (Å²) >= 11 is 0. The van der Waals surface area contributed by atoms with Gasteiger partial charge in [-0.3, -0.25) is 4.79 Å². The number of fused-ring (bicyclic) bond motifs is 1. The molecule has 104 valence electrons. The maximum atomic E-state index is 12.4. The molecule has 0 atom stereocenters. The molecule has 4 nitrogen and oxygen atoms in total. The van der Waals surface area contributed by atoms with E-state index in [4.69, 9.17) is 4.52 Å². The van der Waals surface area contributed by atoms with E-state index in [9.17, 15) is 4.79 Å². The van der Waals surface area contributed by atoms with Gasteiger partial charge in [0.25, 0.3) is 5.91 Å². The molecule has 1 aromatic carbocycles. The Morgan fingerprint density at radius 3 is 2.85 bits per heavy atom. The van der Waals surface area contributed by atoms with Crippen LogP contribution < -0.4 is 5.32 Å². The van der Waals surface area contributed by atoms with E-state index in [0.29, 0.717) is 5.69 Å². The van der Waals surface area contributed by atoms with Crippen molar-refractivity contribution in [2.24, 2.45) is 0 Å². The van der Waals surface area contributed by atoms with Gasteiger partial charge in [0.2, 0.25) is 0 Å². The fourth-order valence-electron chi connectivity index (χ4n) is 2.70. The van der Waals surface area contributed by atoms with E-state index in [2.05, 4.69) is 10.5 Å². The van der Waals surface area contributed by atoms with E-state index in [1.165, 1.54) is 5.56 Å². The Kier molecular flexibility index (Phi) is 3.30. The zero-order valence-electron chi connectivity index (χ0n) is 11.8. The summed E-state index contributed by atoms with van der Waals surface area (Å²) in [6.45, 7) is 4.02. The van der Waals surface area contributed by atoms with Crippen molar-refractivity contribution in [3.8, 4) is 0 Å². The second-order valence-corrected chi connectivity index (χ2v) is 5.41. The van der Waals surface area contributed by atoms with Gasteiger partial charge < -0.3 is 9.84 Å². The number of carbonyl (C=O) groups is 1. The second-order valence-electron chi connectivity index (χ2n) is 5.41. The third-order valence-corrected chi connectivity index (χ3v) is 3.80. The number of hydrogen-bond acceptors (Lipinski definition) is 3. The summed E-state index contributed by atoms with van der Waals surface area (Å²) in [5, 5.41) is 6.88. The highest BCUT2D eigenvalue weighted by Gasteiger charge is 2.24. The molecule has 0 bridgehead atoms. The maximum Gasteiger partial charge on any atom is 0.278 e. The molecule has 0 saturated heterocycles. The van der Waals surface area contributed by atoms with Gasteiger partial charge in [0.1, 0.15) is 5.76 Å². The molecule has 2 aromatic rings. The van der Waals surface area contributed by atoms with Gasteiger partial charge in [0.05, 0.1) is 0 Å². The molecule has 4 heteroatoms. The largest absolute Gasteiger partial charge is 0.360 e. The first kappa shape index (κ1) is 12.9. The van der Waals surface area contributed by atoms with Crippen LogP contribution in [0, 0.1) is 13.8 Å². The lowest BCUT2D eigenvalue weighted by Gasteiger charge is -2.10. The predicted octanol–water partition coefficient (Wildman–Crippen LogP) is 3.42. The average molecular weight is 270 g/mol. The number of aromatic nitrogens is 1. The number of benzene rings is 1. The van der Waals surface area contributed by atoms with Gasteiger partial charge in [-0.25, -0.2) is 0 Å². The molecule has 1 aliphatic rings. The van der Waals surface area contributed by atoms with Crippen molar-refractivity contribution in [3.05, 3.63) is 46.3 Å². The van der Waals surface area contributed by atoms with E-state index >= 15 is 0 Å². The van der Waals surface area contributed by atoms with E-state index in [1.807, 2.05) is 32.0 Å². The summed E-state index contributed by atoms with van der Waals surface area (Å²) < 4.78 is 5.28. The molecular weight excluding hydrogens is 252 g/mol. The zero-order chi connectivity index (χ0) is 14.1. The third kappa shape index (κ3) is 2.33. The summed E-state index contributed by atoms with van der Waals surface area (Å²) in [7, 11) is 0. The van der Waals surface area contributed by atoms with Crippen LogP contribution in [-0.2, 0) is 12.8 Å². The van der Waals surface area contributed by atoms with Gasteiger partial charge in [-0.05, 0) is 44.7 Å². The molecule has 20 heavy (non-hydrogen) atoms. The highest BCUT2D eigenvalue weighted by atomic mass is 16.5. The van der Waals surface area contributed by atoms with Gasteiger partial charge in [-0.15, -0.1) is 0 Å². The summed E-state index contributed by atoms with van der Waals surface area (Å²) in [6.07, 6.45) is 3.98. The third-order valence-electron chi connectivity index (χ3n) is 3.80.